The van der Waals surface area contributed by atoms with Crippen LogP contribution in [-0.4, -0.2) is 61.0 Å². The van der Waals surface area contributed by atoms with Crippen LogP contribution >= 0.6 is 0 Å². The molecule has 5 heteroatoms. The highest BCUT2D eigenvalue weighted by Gasteiger charge is 2.46. The molecule has 1 aliphatic heterocycles. The first-order valence-corrected chi connectivity index (χ1v) is 10.8. The molecule has 164 valence electrons. The summed E-state index contributed by atoms with van der Waals surface area (Å²) in [6, 6.07) is 27.5. The van der Waals surface area contributed by atoms with E-state index in [0.717, 1.165) is 16.7 Å². The molecule has 1 atom stereocenters. The van der Waals surface area contributed by atoms with Gasteiger partial charge < -0.3 is 14.5 Å². The Balaban J connectivity index is 1.64. The van der Waals surface area contributed by atoms with Crippen LogP contribution in [0.1, 0.15) is 15.9 Å². The van der Waals surface area contributed by atoms with Gasteiger partial charge in [0.05, 0.1) is 13.2 Å². The van der Waals surface area contributed by atoms with Crippen LogP contribution in [0.4, 0.5) is 0 Å². The number of nitrogens with zero attached hydrogens (tertiary/aromatic N) is 2. The van der Waals surface area contributed by atoms with E-state index in [0.29, 0.717) is 25.1 Å². The van der Waals surface area contributed by atoms with E-state index in [1.807, 2.05) is 48.5 Å². The molecular weight excluding hydrogens is 400 g/mol. The molecule has 0 unspecified atom stereocenters. The number of likely N-dealkylation sites (N-methyl/N-ethyl adjacent to an activating group) is 1. The van der Waals surface area contributed by atoms with Crippen LogP contribution in [0.5, 0.6) is 0 Å². The highest BCUT2D eigenvalue weighted by atomic mass is 16.5. The van der Waals surface area contributed by atoms with Crippen LogP contribution in [0.25, 0.3) is 11.1 Å². The first-order valence-electron chi connectivity index (χ1n) is 10.8. The smallest absolute Gasteiger partial charge is 0.256 e. The van der Waals surface area contributed by atoms with Crippen molar-refractivity contribution in [2.24, 2.45) is 0 Å². The van der Waals surface area contributed by atoms with Gasteiger partial charge in [0.15, 0.2) is 5.60 Å². The molecule has 5 nitrogen and oxygen atoms in total. The summed E-state index contributed by atoms with van der Waals surface area (Å²) in [6.07, 6.45) is 0.392. The quantitative estimate of drug-likeness (QED) is 0.619. The molecule has 0 saturated carbocycles. The SMILES string of the molecule is CN(C)C(=O)[C@]1(Cc2cccc(-c3ccccc3)c2)CN(C(=O)c2ccccc2)CCO1. The third-order valence-corrected chi connectivity index (χ3v) is 5.81. The van der Waals surface area contributed by atoms with E-state index < -0.39 is 5.60 Å². The summed E-state index contributed by atoms with van der Waals surface area (Å²) in [5, 5.41) is 0. The summed E-state index contributed by atoms with van der Waals surface area (Å²) in [5.41, 5.74) is 2.69. The lowest BCUT2D eigenvalue weighted by molar-refractivity contribution is -0.165. The van der Waals surface area contributed by atoms with Crippen molar-refractivity contribution in [2.75, 3.05) is 33.8 Å². The molecule has 0 aliphatic carbocycles. The maximum Gasteiger partial charge on any atom is 0.256 e. The van der Waals surface area contributed by atoms with E-state index in [9.17, 15) is 9.59 Å². The van der Waals surface area contributed by atoms with Gasteiger partial charge in [-0.2, -0.15) is 0 Å². The second-order valence-electron chi connectivity index (χ2n) is 8.38. The van der Waals surface area contributed by atoms with Crippen molar-refractivity contribution in [1.82, 2.24) is 9.80 Å². The van der Waals surface area contributed by atoms with Gasteiger partial charge in [0.25, 0.3) is 11.8 Å². The van der Waals surface area contributed by atoms with Gasteiger partial charge in [-0.1, -0.05) is 72.8 Å². The third-order valence-electron chi connectivity index (χ3n) is 5.81. The normalized spacial score (nSPS) is 18.2. The topological polar surface area (TPSA) is 49.9 Å². The zero-order valence-corrected chi connectivity index (χ0v) is 18.5. The van der Waals surface area contributed by atoms with Crippen LogP contribution in [0, 0.1) is 0 Å². The fraction of sp³-hybridized carbons (Fsp3) is 0.259. The minimum absolute atomic E-state index is 0.0807. The summed E-state index contributed by atoms with van der Waals surface area (Å²) in [7, 11) is 3.46. The van der Waals surface area contributed by atoms with Crippen molar-refractivity contribution >= 4 is 11.8 Å². The number of amides is 2. The van der Waals surface area contributed by atoms with Gasteiger partial charge in [-0.15, -0.1) is 0 Å². The zero-order valence-electron chi connectivity index (χ0n) is 18.5. The second kappa shape index (κ2) is 9.37. The number of benzene rings is 3. The summed E-state index contributed by atoms with van der Waals surface area (Å²) in [6.45, 7) is 0.990. The Labute approximate surface area is 189 Å². The van der Waals surface area contributed by atoms with Crippen molar-refractivity contribution in [3.05, 3.63) is 96.1 Å². The van der Waals surface area contributed by atoms with Crippen LogP contribution in [0.3, 0.4) is 0 Å². The molecule has 0 bridgehead atoms. The van der Waals surface area contributed by atoms with E-state index in [4.69, 9.17) is 4.74 Å². The molecule has 32 heavy (non-hydrogen) atoms. The van der Waals surface area contributed by atoms with Crippen molar-refractivity contribution in [3.63, 3.8) is 0 Å². The monoisotopic (exact) mass is 428 g/mol. The van der Waals surface area contributed by atoms with E-state index >= 15 is 0 Å². The van der Waals surface area contributed by atoms with Gasteiger partial charge in [-0.05, 0) is 28.8 Å². The number of morpholine rings is 1. The Morgan fingerprint density at radius 2 is 1.56 bits per heavy atom. The minimum Gasteiger partial charge on any atom is -0.361 e. The molecule has 3 aromatic carbocycles. The van der Waals surface area contributed by atoms with Gasteiger partial charge in [0, 0.05) is 32.6 Å². The summed E-state index contributed by atoms with van der Waals surface area (Å²) in [5.74, 6) is -0.212. The lowest BCUT2D eigenvalue weighted by Gasteiger charge is -2.43. The number of hydrogen-bond donors (Lipinski definition) is 0. The Kier molecular flexibility index (Phi) is 6.37. The average Bonchev–Trinajstić information content (AvgIpc) is 2.84. The minimum atomic E-state index is -1.12. The van der Waals surface area contributed by atoms with Crippen molar-refractivity contribution < 1.29 is 14.3 Å². The average molecular weight is 429 g/mol. The number of ether oxygens (including phenoxy) is 1. The van der Waals surface area contributed by atoms with Crippen LogP contribution < -0.4 is 0 Å². The molecule has 3 aromatic rings. The Morgan fingerprint density at radius 1 is 0.906 bits per heavy atom. The Hall–Kier alpha value is -3.44. The van der Waals surface area contributed by atoms with E-state index in [1.165, 1.54) is 0 Å². The number of carbonyl (C=O) groups excluding carboxylic acids is 2. The van der Waals surface area contributed by atoms with Crippen molar-refractivity contribution in [1.29, 1.82) is 0 Å². The molecule has 0 N–H and O–H groups in total. The molecule has 0 radical (unpaired) electrons. The van der Waals surface area contributed by atoms with Gasteiger partial charge in [0.2, 0.25) is 0 Å². The van der Waals surface area contributed by atoms with E-state index in [2.05, 4.69) is 24.3 Å². The molecule has 1 heterocycles. The predicted molar refractivity (Wildman–Crippen MR) is 125 cm³/mol. The van der Waals surface area contributed by atoms with Gasteiger partial charge in [0.1, 0.15) is 0 Å². The van der Waals surface area contributed by atoms with Crippen LogP contribution in [0.15, 0.2) is 84.9 Å². The maximum atomic E-state index is 13.3. The molecule has 4 rings (SSSR count). The lowest BCUT2D eigenvalue weighted by atomic mass is 9.89. The summed E-state index contributed by atoms with van der Waals surface area (Å²) >= 11 is 0. The summed E-state index contributed by atoms with van der Waals surface area (Å²) < 4.78 is 6.17. The van der Waals surface area contributed by atoms with Crippen molar-refractivity contribution in [2.45, 2.75) is 12.0 Å². The number of rotatable bonds is 5. The van der Waals surface area contributed by atoms with Gasteiger partial charge in [-0.25, -0.2) is 0 Å². The van der Waals surface area contributed by atoms with Crippen LogP contribution in [0.2, 0.25) is 0 Å². The Bertz CT molecular complexity index is 1080. The second-order valence-corrected chi connectivity index (χ2v) is 8.38. The van der Waals surface area contributed by atoms with E-state index in [1.54, 1.807) is 36.0 Å². The summed E-state index contributed by atoms with van der Waals surface area (Å²) in [4.78, 5) is 29.8. The largest absolute Gasteiger partial charge is 0.361 e. The highest BCUT2D eigenvalue weighted by molar-refractivity contribution is 5.95. The van der Waals surface area contributed by atoms with Gasteiger partial charge >= 0.3 is 0 Å². The molecule has 1 fully saturated rings. The van der Waals surface area contributed by atoms with Crippen LogP contribution in [-0.2, 0) is 16.0 Å². The molecule has 0 spiro atoms. The first-order chi connectivity index (χ1) is 15.5. The Morgan fingerprint density at radius 3 is 2.25 bits per heavy atom. The molecule has 2 amide bonds. The lowest BCUT2D eigenvalue weighted by Crippen LogP contribution is -2.61. The zero-order chi connectivity index (χ0) is 22.6. The van der Waals surface area contributed by atoms with Crippen molar-refractivity contribution in [3.8, 4) is 11.1 Å². The first kappa shape index (κ1) is 21.8. The maximum absolute atomic E-state index is 13.3. The van der Waals surface area contributed by atoms with Gasteiger partial charge in [-0.3, -0.25) is 9.59 Å². The molecular formula is C27H28N2O3. The molecule has 1 saturated heterocycles. The fourth-order valence-corrected chi connectivity index (χ4v) is 4.26. The third kappa shape index (κ3) is 4.58. The fourth-order valence-electron chi connectivity index (χ4n) is 4.26. The molecule has 0 aromatic heterocycles. The van der Waals surface area contributed by atoms with E-state index in [-0.39, 0.29) is 18.4 Å². The highest BCUT2D eigenvalue weighted by Crippen LogP contribution is 2.28. The number of carbonyl (C=O) groups is 2. The number of hydrogen-bond acceptors (Lipinski definition) is 3. The molecule has 1 aliphatic rings. The standard InChI is InChI=1S/C27H28N2O3/c1-28(2)26(31)27(19-21-10-9-15-24(18-21)22-11-5-3-6-12-22)20-29(16-17-32-27)25(30)23-13-7-4-8-14-23/h3-15,18H,16-17,19-20H2,1-2H3/t27-/m0/s1. The predicted octanol–water partition coefficient (Wildman–Crippen LogP) is 3.90.